The zero-order chi connectivity index (χ0) is 20.7. The Bertz CT molecular complexity index is 831. The molecule has 28 heavy (non-hydrogen) atoms. The number of halogens is 3. The van der Waals surface area contributed by atoms with Crippen molar-refractivity contribution < 1.29 is 14.3 Å². The molecule has 0 saturated heterocycles. The van der Waals surface area contributed by atoms with Gasteiger partial charge in [-0.1, -0.05) is 45.2 Å². The first-order valence-electron chi connectivity index (χ1n) is 8.71. The van der Waals surface area contributed by atoms with Gasteiger partial charge in [0.05, 0.1) is 0 Å². The second kappa shape index (κ2) is 10.7. The Balaban J connectivity index is 2.17. The maximum atomic E-state index is 12.9. The van der Waals surface area contributed by atoms with Crippen LogP contribution in [0, 0.1) is 0 Å². The zero-order valence-corrected chi connectivity index (χ0v) is 18.6. The highest BCUT2D eigenvalue weighted by Gasteiger charge is 2.26. The SMILES string of the molecule is CCNC(=O)[C@@H](C)N(Cc1ccc(Cl)cc1Cl)C(=O)COc1ccc(Br)cc1. The summed E-state index contributed by atoms with van der Waals surface area (Å²) in [5.41, 5.74) is 0.694. The maximum absolute atomic E-state index is 12.9. The molecule has 0 saturated carbocycles. The minimum atomic E-state index is -0.687. The molecule has 2 amide bonds. The highest BCUT2D eigenvalue weighted by atomic mass is 79.9. The van der Waals surface area contributed by atoms with Crippen molar-refractivity contribution in [2.75, 3.05) is 13.2 Å². The van der Waals surface area contributed by atoms with Crippen LogP contribution in [0.4, 0.5) is 0 Å². The predicted molar refractivity (Wildman–Crippen MR) is 115 cm³/mol. The van der Waals surface area contributed by atoms with Gasteiger partial charge in [-0.25, -0.2) is 0 Å². The van der Waals surface area contributed by atoms with E-state index in [1.807, 2.05) is 19.1 Å². The van der Waals surface area contributed by atoms with E-state index in [1.54, 1.807) is 37.3 Å². The molecule has 0 unspecified atom stereocenters. The highest BCUT2D eigenvalue weighted by Crippen LogP contribution is 2.23. The van der Waals surface area contributed by atoms with Crippen LogP contribution >= 0.6 is 39.1 Å². The summed E-state index contributed by atoms with van der Waals surface area (Å²) in [7, 11) is 0. The molecule has 0 spiro atoms. The number of ether oxygens (including phenoxy) is 1. The van der Waals surface area contributed by atoms with E-state index in [9.17, 15) is 9.59 Å². The molecule has 2 aromatic rings. The quantitative estimate of drug-likeness (QED) is 0.587. The molecule has 0 aromatic heterocycles. The summed E-state index contributed by atoms with van der Waals surface area (Å²) in [6.45, 7) is 3.94. The summed E-state index contributed by atoms with van der Waals surface area (Å²) in [6.07, 6.45) is 0. The van der Waals surface area contributed by atoms with E-state index in [4.69, 9.17) is 27.9 Å². The molecule has 0 aliphatic heterocycles. The molecule has 0 aliphatic rings. The average Bonchev–Trinajstić information content (AvgIpc) is 2.66. The fraction of sp³-hybridized carbons (Fsp3) is 0.300. The molecule has 1 atom stereocenters. The van der Waals surface area contributed by atoms with Gasteiger partial charge >= 0.3 is 0 Å². The highest BCUT2D eigenvalue weighted by molar-refractivity contribution is 9.10. The molecule has 0 fully saturated rings. The molecule has 150 valence electrons. The van der Waals surface area contributed by atoms with Gasteiger partial charge in [-0.05, 0) is 55.8 Å². The Morgan fingerprint density at radius 3 is 2.46 bits per heavy atom. The lowest BCUT2D eigenvalue weighted by atomic mass is 10.1. The van der Waals surface area contributed by atoms with Crippen molar-refractivity contribution in [3.63, 3.8) is 0 Å². The Kier molecular flexibility index (Phi) is 8.60. The van der Waals surface area contributed by atoms with Gasteiger partial charge in [0.1, 0.15) is 11.8 Å². The Morgan fingerprint density at radius 2 is 1.86 bits per heavy atom. The molecule has 5 nitrogen and oxygen atoms in total. The molecule has 0 aliphatic carbocycles. The monoisotopic (exact) mass is 486 g/mol. The minimum Gasteiger partial charge on any atom is -0.484 e. The summed E-state index contributed by atoms with van der Waals surface area (Å²) in [4.78, 5) is 26.6. The second-order valence-electron chi connectivity index (χ2n) is 6.07. The van der Waals surface area contributed by atoms with E-state index in [1.165, 1.54) is 4.90 Å². The van der Waals surface area contributed by atoms with Gasteiger partial charge in [0, 0.05) is 27.6 Å². The fourth-order valence-corrected chi connectivity index (χ4v) is 3.23. The van der Waals surface area contributed by atoms with Crippen LogP contribution in [0.3, 0.4) is 0 Å². The number of rotatable bonds is 8. The summed E-state index contributed by atoms with van der Waals surface area (Å²) in [5, 5.41) is 3.67. The molecule has 0 radical (unpaired) electrons. The van der Waals surface area contributed by atoms with Crippen LogP contribution < -0.4 is 10.1 Å². The number of hydrogen-bond acceptors (Lipinski definition) is 3. The van der Waals surface area contributed by atoms with E-state index >= 15 is 0 Å². The number of benzene rings is 2. The molecular formula is C20H21BrCl2N2O3. The lowest BCUT2D eigenvalue weighted by Crippen LogP contribution is -2.49. The lowest BCUT2D eigenvalue weighted by Gasteiger charge is -2.29. The third-order valence-electron chi connectivity index (χ3n) is 4.05. The van der Waals surface area contributed by atoms with Crippen LogP contribution in [0.25, 0.3) is 0 Å². The van der Waals surface area contributed by atoms with Gasteiger partial charge in [-0.2, -0.15) is 0 Å². The largest absolute Gasteiger partial charge is 0.484 e. The Morgan fingerprint density at radius 1 is 1.18 bits per heavy atom. The predicted octanol–water partition coefficient (Wildman–Crippen LogP) is 4.69. The van der Waals surface area contributed by atoms with Crippen molar-refractivity contribution in [3.8, 4) is 5.75 Å². The number of carbonyl (C=O) groups excluding carboxylic acids is 2. The van der Waals surface area contributed by atoms with Crippen LogP contribution in [0.2, 0.25) is 10.0 Å². The van der Waals surface area contributed by atoms with Crippen LogP contribution in [0.15, 0.2) is 46.9 Å². The van der Waals surface area contributed by atoms with Crippen molar-refractivity contribution in [2.45, 2.75) is 26.4 Å². The molecular weight excluding hydrogens is 467 g/mol. The molecule has 0 bridgehead atoms. The molecule has 2 rings (SSSR count). The summed E-state index contributed by atoms with van der Waals surface area (Å²) < 4.78 is 6.49. The number of likely N-dealkylation sites (N-methyl/N-ethyl adjacent to an activating group) is 1. The number of hydrogen-bond donors (Lipinski definition) is 1. The normalized spacial score (nSPS) is 11.6. The Labute approximate surface area is 183 Å². The van der Waals surface area contributed by atoms with Gasteiger partial charge in [0.2, 0.25) is 5.91 Å². The molecule has 8 heteroatoms. The first-order chi connectivity index (χ1) is 13.3. The standard InChI is InChI=1S/C20H21BrCl2N2O3/c1-3-24-20(27)13(2)25(11-14-4-7-16(22)10-18(14)23)19(26)12-28-17-8-5-15(21)6-9-17/h4-10,13H,3,11-12H2,1-2H3,(H,24,27)/t13-/m1/s1. The number of carbonyl (C=O) groups is 2. The van der Waals surface area contributed by atoms with Crippen molar-refractivity contribution in [1.29, 1.82) is 0 Å². The summed E-state index contributed by atoms with van der Waals surface area (Å²) in [6, 6.07) is 11.5. The summed E-state index contributed by atoms with van der Waals surface area (Å²) in [5.74, 6) is -0.0102. The van der Waals surface area contributed by atoms with Gasteiger partial charge in [-0.3, -0.25) is 9.59 Å². The van der Waals surface area contributed by atoms with Gasteiger partial charge in [0.25, 0.3) is 5.91 Å². The van der Waals surface area contributed by atoms with E-state index in [0.717, 1.165) is 4.47 Å². The summed E-state index contributed by atoms with van der Waals surface area (Å²) >= 11 is 15.5. The van der Waals surface area contributed by atoms with Crippen molar-refractivity contribution in [1.82, 2.24) is 10.2 Å². The van der Waals surface area contributed by atoms with E-state index in [-0.39, 0.29) is 25.0 Å². The van der Waals surface area contributed by atoms with Gasteiger partial charge < -0.3 is 15.0 Å². The number of amides is 2. The van der Waals surface area contributed by atoms with Crippen LogP contribution in [-0.4, -0.2) is 35.9 Å². The topological polar surface area (TPSA) is 58.6 Å². The van der Waals surface area contributed by atoms with Crippen molar-refractivity contribution >= 4 is 50.9 Å². The van der Waals surface area contributed by atoms with Gasteiger partial charge in [0.15, 0.2) is 6.61 Å². The smallest absolute Gasteiger partial charge is 0.261 e. The lowest BCUT2D eigenvalue weighted by molar-refractivity contribution is -0.142. The maximum Gasteiger partial charge on any atom is 0.261 e. The fourth-order valence-electron chi connectivity index (χ4n) is 2.50. The van der Waals surface area contributed by atoms with Crippen molar-refractivity contribution in [2.24, 2.45) is 0 Å². The first kappa shape index (κ1) is 22.5. The zero-order valence-electron chi connectivity index (χ0n) is 15.5. The van der Waals surface area contributed by atoms with E-state index in [0.29, 0.717) is 27.9 Å². The second-order valence-corrected chi connectivity index (χ2v) is 7.83. The van der Waals surface area contributed by atoms with Gasteiger partial charge in [-0.15, -0.1) is 0 Å². The molecule has 1 N–H and O–H groups in total. The minimum absolute atomic E-state index is 0.164. The van der Waals surface area contributed by atoms with E-state index < -0.39 is 6.04 Å². The number of nitrogens with zero attached hydrogens (tertiary/aromatic N) is 1. The first-order valence-corrected chi connectivity index (χ1v) is 10.3. The molecule has 2 aromatic carbocycles. The van der Waals surface area contributed by atoms with E-state index in [2.05, 4.69) is 21.2 Å². The third kappa shape index (κ3) is 6.40. The third-order valence-corrected chi connectivity index (χ3v) is 5.17. The molecule has 0 heterocycles. The number of nitrogens with one attached hydrogen (secondary N) is 1. The van der Waals surface area contributed by atoms with Crippen LogP contribution in [0.5, 0.6) is 5.75 Å². The van der Waals surface area contributed by atoms with Crippen LogP contribution in [0.1, 0.15) is 19.4 Å². The average molecular weight is 488 g/mol. The van der Waals surface area contributed by atoms with Crippen LogP contribution in [-0.2, 0) is 16.1 Å². The Hall–Kier alpha value is -1.76. The van der Waals surface area contributed by atoms with Crippen molar-refractivity contribution in [3.05, 3.63) is 62.5 Å².